The van der Waals surface area contributed by atoms with E-state index in [0.29, 0.717) is 25.6 Å². The zero-order chi connectivity index (χ0) is 8.06. The number of hydrogen-bond acceptors (Lipinski definition) is 3. The molecule has 1 saturated heterocycles. The maximum Gasteiger partial charge on any atom is 0.235 e. The third-order valence-corrected chi connectivity index (χ3v) is 4.57. The highest BCUT2D eigenvalue weighted by Crippen LogP contribution is 2.44. The molecule has 0 bridgehead atoms. The zero-order valence-corrected chi connectivity index (χ0v) is 7.44. The summed E-state index contributed by atoms with van der Waals surface area (Å²) in [7, 11) is 1.89. The molecule has 1 unspecified atom stereocenters. The van der Waals surface area contributed by atoms with Crippen LogP contribution < -0.4 is 0 Å². The van der Waals surface area contributed by atoms with Crippen molar-refractivity contribution in [3.05, 3.63) is 0 Å². The van der Waals surface area contributed by atoms with E-state index in [1.807, 2.05) is 0 Å². The van der Waals surface area contributed by atoms with E-state index in [4.69, 9.17) is 15.4 Å². The lowest BCUT2D eigenvalue weighted by molar-refractivity contribution is 0.187. The van der Waals surface area contributed by atoms with Gasteiger partial charge in [-0.25, -0.2) is 8.42 Å². The van der Waals surface area contributed by atoms with Crippen LogP contribution >= 0.6 is 10.7 Å². The Morgan fingerprint density at radius 1 is 1.36 bits per heavy atom. The lowest BCUT2D eigenvalue weighted by atomic mass is 9.76. The van der Waals surface area contributed by atoms with Crippen molar-refractivity contribution < 1.29 is 13.2 Å². The van der Waals surface area contributed by atoms with Crippen molar-refractivity contribution in [1.29, 1.82) is 0 Å². The van der Waals surface area contributed by atoms with E-state index in [-0.39, 0.29) is 11.2 Å². The van der Waals surface area contributed by atoms with Crippen molar-refractivity contribution in [3.63, 3.8) is 0 Å². The molecule has 2 rings (SSSR count). The van der Waals surface area contributed by atoms with Gasteiger partial charge in [0, 0.05) is 23.2 Å². The standard InChI is InChI=1S/C6H9ClO3S/c7-11(8,9)6-1-4-2-10-3-5(4)6/h4-6H,1-3H2/t4-,5+,6?/m1/s1. The minimum absolute atomic E-state index is 0.178. The van der Waals surface area contributed by atoms with Crippen LogP contribution in [-0.4, -0.2) is 26.9 Å². The molecule has 2 aliphatic rings. The number of ether oxygens (including phenoxy) is 1. The molecule has 0 aromatic heterocycles. The van der Waals surface area contributed by atoms with Gasteiger partial charge >= 0.3 is 0 Å². The second kappa shape index (κ2) is 2.34. The molecule has 1 aliphatic carbocycles. The molecular weight excluding hydrogens is 188 g/mol. The molecular formula is C6H9ClO3S. The fraction of sp³-hybridized carbons (Fsp3) is 1.00. The third-order valence-electron chi connectivity index (χ3n) is 2.62. The van der Waals surface area contributed by atoms with Crippen LogP contribution in [0.5, 0.6) is 0 Å². The van der Waals surface area contributed by atoms with Crippen molar-refractivity contribution in [1.82, 2.24) is 0 Å². The first-order chi connectivity index (χ1) is 5.09. The summed E-state index contributed by atoms with van der Waals surface area (Å²) in [4.78, 5) is 0. The SMILES string of the molecule is O=S(=O)(Cl)C1C[C@@H]2COC[C@H]12. The topological polar surface area (TPSA) is 43.4 Å². The molecule has 3 nitrogen and oxygen atoms in total. The number of halogens is 1. The van der Waals surface area contributed by atoms with Gasteiger partial charge < -0.3 is 4.74 Å². The van der Waals surface area contributed by atoms with Gasteiger partial charge in [0.15, 0.2) is 0 Å². The molecule has 2 fully saturated rings. The first-order valence-corrected chi connectivity index (χ1v) is 5.97. The van der Waals surface area contributed by atoms with Crippen molar-refractivity contribution in [2.24, 2.45) is 11.8 Å². The van der Waals surface area contributed by atoms with E-state index < -0.39 is 9.05 Å². The molecule has 64 valence electrons. The Morgan fingerprint density at radius 3 is 2.64 bits per heavy atom. The fourth-order valence-corrected chi connectivity index (χ4v) is 3.68. The molecule has 11 heavy (non-hydrogen) atoms. The second-order valence-corrected chi connectivity index (χ2v) is 6.06. The van der Waals surface area contributed by atoms with Gasteiger partial charge in [0.2, 0.25) is 9.05 Å². The van der Waals surface area contributed by atoms with Gasteiger partial charge in [-0.1, -0.05) is 0 Å². The Hall–Kier alpha value is 0.200. The summed E-state index contributed by atoms with van der Waals surface area (Å²) >= 11 is 0. The lowest BCUT2D eigenvalue weighted by Crippen LogP contribution is -2.43. The van der Waals surface area contributed by atoms with Gasteiger partial charge in [-0.05, 0) is 12.3 Å². The Balaban J connectivity index is 2.12. The monoisotopic (exact) mass is 196 g/mol. The minimum Gasteiger partial charge on any atom is -0.381 e. The lowest BCUT2D eigenvalue weighted by Gasteiger charge is -2.35. The van der Waals surface area contributed by atoms with E-state index >= 15 is 0 Å². The smallest absolute Gasteiger partial charge is 0.235 e. The molecule has 0 N–H and O–H groups in total. The van der Waals surface area contributed by atoms with Crippen LogP contribution in [0, 0.1) is 11.8 Å². The molecule has 0 radical (unpaired) electrons. The highest BCUT2D eigenvalue weighted by molar-refractivity contribution is 8.14. The van der Waals surface area contributed by atoms with E-state index in [9.17, 15) is 8.42 Å². The zero-order valence-electron chi connectivity index (χ0n) is 5.86. The summed E-state index contributed by atoms with van der Waals surface area (Å²) in [5, 5.41) is -0.336. The van der Waals surface area contributed by atoms with Crippen molar-refractivity contribution in [2.45, 2.75) is 11.7 Å². The molecule has 1 saturated carbocycles. The number of hydrogen-bond donors (Lipinski definition) is 0. The van der Waals surface area contributed by atoms with Gasteiger partial charge in [-0.3, -0.25) is 0 Å². The Kier molecular flexibility index (Phi) is 1.67. The van der Waals surface area contributed by atoms with E-state index in [1.165, 1.54) is 0 Å². The molecule has 1 aliphatic heterocycles. The summed E-state index contributed by atoms with van der Waals surface area (Å²) in [6.07, 6.45) is 0.691. The van der Waals surface area contributed by atoms with E-state index in [0.717, 1.165) is 0 Å². The average molecular weight is 197 g/mol. The molecule has 3 atom stereocenters. The summed E-state index contributed by atoms with van der Waals surface area (Å²) < 4.78 is 26.9. The minimum atomic E-state index is -3.33. The van der Waals surface area contributed by atoms with Gasteiger partial charge in [0.05, 0.1) is 11.9 Å². The van der Waals surface area contributed by atoms with Gasteiger partial charge in [-0.15, -0.1) is 0 Å². The van der Waals surface area contributed by atoms with Crippen LogP contribution in [0.25, 0.3) is 0 Å². The fourth-order valence-electron chi connectivity index (χ4n) is 1.87. The highest BCUT2D eigenvalue weighted by atomic mass is 35.7. The van der Waals surface area contributed by atoms with Crippen LogP contribution in [0.3, 0.4) is 0 Å². The van der Waals surface area contributed by atoms with Gasteiger partial charge in [-0.2, -0.15) is 0 Å². The predicted molar refractivity (Wildman–Crippen MR) is 41.0 cm³/mol. The second-order valence-electron chi connectivity index (χ2n) is 3.21. The number of fused-ring (bicyclic) bond motifs is 1. The van der Waals surface area contributed by atoms with Crippen LogP contribution in [0.1, 0.15) is 6.42 Å². The van der Waals surface area contributed by atoms with Crippen LogP contribution in [0.15, 0.2) is 0 Å². The summed E-state index contributed by atoms with van der Waals surface area (Å²) in [5.41, 5.74) is 0. The van der Waals surface area contributed by atoms with Gasteiger partial charge in [0.25, 0.3) is 0 Å². The predicted octanol–water partition coefficient (Wildman–Crippen LogP) is 0.590. The molecule has 5 heteroatoms. The molecule has 0 amide bonds. The van der Waals surface area contributed by atoms with Crippen LogP contribution in [0.4, 0.5) is 0 Å². The van der Waals surface area contributed by atoms with Gasteiger partial charge in [0.1, 0.15) is 0 Å². The quantitative estimate of drug-likeness (QED) is 0.577. The average Bonchev–Trinajstić information content (AvgIpc) is 2.08. The summed E-state index contributed by atoms with van der Waals surface area (Å²) in [6.45, 7) is 1.29. The van der Waals surface area contributed by atoms with E-state index in [1.54, 1.807) is 0 Å². The largest absolute Gasteiger partial charge is 0.381 e. The van der Waals surface area contributed by atoms with Crippen LogP contribution in [0.2, 0.25) is 0 Å². The van der Waals surface area contributed by atoms with Crippen molar-refractivity contribution >= 4 is 19.7 Å². The third kappa shape index (κ3) is 1.17. The normalized spacial score (nSPS) is 43.2. The maximum atomic E-state index is 10.9. The molecule has 0 aromatic rings. The first kappa shape index (κ1) is 7.83. The molecule has 0 spiro atoms. The molecule has 0 aromatic carbocycles. The Bertz CT molecular complexity index is 261. The number of rotatable bonds is 1. The highest BCUT2D eigenvalue weighted by Gasteiger charge is 2.50. The summed E-state index contributed by atoms with van der Waals surface area (Å²) in [6, 6.07) is 0. The van der Waals surface area contributed by atoms with Crippen LogP contribution in [-0.2, 0) is 13.8 Å². The van der Waals surface area contributed by atoms with E-state index in [2.05, 4.69) is 0 Å². The van der Waals surface area contributed by atoms with Crippen molar-refractivity contribution in [3.8, 4) is 0 Å². The Labute approximate surface area is 70.1 Å². The summed E-state index contributed by atoms with van der Waals surface area (Å²) in [5.74, 6) is 0.631. The Morgan fingerprint density at radius 2 is 2.09 bits per heavy atom. The first-order valence-electron chi connectivity index (χ1n) is 3.60. The molecule has 1 heterocycles. The maximum absolute atomic E-state index is 10.9. The van der Waals surface area contributed by atoms with Crippen molar-refractivity contribution in [2.75, 3.05) is 13.2 Å².